The SMILES string of the molecule is C[C@@H](O)c1ccc(Br)cc1OCc1cccc(Cl)c1F. The van der Waals surface area contributed by atoms with Crippen molar-refractivity contribution in [3.8, 4) is 5.75 Å². The van der Waals surface area contributed by atoms with Crippen molar-refractivity contribution in [2.45, 2.75) is 19.6 Å². The Balaban J connectivity index is 2.22. The van der Waals surface area contributed by atoms with Crippen LogP contribution in [0.1, 0.15) is 24.2 Å². The van der Waals surface area contributed by atoms with E-state index in [1.54, 1.807) is 31.2 Å². The Hall–Kier alpha value is -1.10. The van der Waals surface area contributed by atoms with Gasteiger partial charge in [0.25, 0.3) is 0 Å². The average Bonchev–Trinajstić information content (AvgIpc) is 2.40. The fourth-order valence-corrected chi connectivity index (χ4v) is 2.33. The smallest absolute Gasteiger partial charge is 0.148 e. The molecule has 0 aliphatic carbocycles. The van der Waals surface area contributed by atoms with Crippen LogP contribution in [0, 0.1) is 5.82 Å². The van der Waals surface area contributed by atoms with Crippen molar-refractivity contribution in [1.82, 2.24) is 0 Å². The molecule has 0 spiro atoms. The Morgan fingerprint density at radius 1 is 1.35 bits per heavy atom. The summed E-state index contributed by atoms with van der Waals surface area (Å²) in [5.74, 6) is 0.0245. The van der Waals surface area contributed by atoms with Crippen LogP contribution in [0.25, 0.3) is 0 Å². The zero-order chi connectivity index (χ0) is 14.7. The maximum Gasteiger partial charge on any atom is 0.148 e. The third-order valence-electron chi connectivity index (χ3n) is 2.84. The van der Waals surface area contributed by atoms with Gasteiger partial charge in [-0.3, -0.25) is 0 Å². The summed E-state index contributed by atoms with van der Waals surface area (Å²) in [6, 6.07) is 10.1. The van der Waals surface area contributed by atoms with Gasteiger partial charge in [-0.25, -0.2) is 4.39 Å². The van der Waals surface area contributed by atoms with Crippen LogP contribution in [0.3, 0.4) is 0 Å². The van der Waals surface area contributed by atoms with E-state index in [0.717, 1.165) is 4.47 Å². The molecule has 0 aromatic heterocycles. The van der Waals surface area contributed by atoms with Gasteiger partial charge in [0.05, 0.1) is 11.1 Å². The summed E-state index contributed by atoms with van der Waals surface area (Å²) >= 11 is 9.07. The van der Waals surface area contributed by atoms with Crippen LogP contribution in [0.4, 0.5) is 4.39 Å². The largest absolute Gasteiger partial charge is 0.488 e. The Labute approximate surface area is 130 Å². The first-order valence-corrected chi connectivity index (χ1v) is 7.19. The average molecular weight is 360 g/mol. The van der Waals surface area contributed by atoms with E-state index in [1.165, 1.54) is 6.07 Å². The van der Waals surface area contributed by atoms with E-state index >= 15 is 0 Å². The third-order valence-corrected chi connectivity index (χ3v) is 3.63. The molecule has 0 bridgehead atoms. The van der Waals surface area contributed by atoms with Gasteiger partial charge < -0.3 is 9.84 Å². The van der Waals surface area contributed by atoms with Crippen molar-refractivity contribution < 1.29 is 14.2 Å². The lowest BCUT2D eigenvalue weighted by molar-refractivity contribution is 0.190. The van der Waals surface area contributed by atoms with E-state index in [2.05, 4.69) is 15.9 Å². The highest BCUT2D eigenvalue weighted by Gasteiger charge is 2.12. The number of aliphatic hydroxyl groups is 1. The highest BCUT2D eigenvalue weighted by atomic mass is 79.9. The number of hydrogen-bond donors (Lipinski definition) is 1. The second-order valence-corrected chi connectivity index (χ2v) is 5.68. The summed E-state index contributed by atoms with van der Waals surface area (Å²) < 4.78 is 20.2. The number of rotatable bonds is 4. The first kappa shape index (κ1) is 15.3. The monoisotopic (exact) mass is 358 g/mol. The summed E-state index contributed by atoms with van der Waals surface area (Å²) in [7, 11) is 0. The van der Waals surface area contributed by atoms with Crippen LogP contribution >= 0.6 is 27.5 Å². The molecule has 5 heteroatoms. The van der Waals surface area contributed by atoms with Crippen LogP contribution in [0.15, 0.2) is 40.9 Å². The zero-order valence-electron chi connectivity index (χ0n) is 10.7. The minimum Gasteiger partial charge on any atom is -0.488 e. The number of hydrogen-bond acceptors (Lipinski definition) is 2. The maximum absolute atomic E-state index is 13.8. The predicted molar refractivity (Wildman–Crippen MR) is 80.5 cm³/mol. The molecular weight excluding hydrogens is 347 g/mol. The highest BCUT2D eigenvalue weighted by Crippen LogP contribution is 2.29. The second kappa shape index (κ2) is 6.57. The zero-order valence-corrected chi connectivity index (χ0v) is 13.1. The minimum absolute atomic E-state index is 0.0442. The molecule has 0 saturated carbocycles. The van der Waals surface area contributed by atoms with E-state index in [1.807, 2.05) is 6.07 Å². The summed E-state index contributed by atoms with van der Waals surface area (Å²) in [5, 5.41) is 9.77. The fourth-order valence-electron chi connectivity index (χ4n) is 1.79. The molecule has 1 atom stereocenters. The van der Waals surface area contributed by atoms with Crippen molar-refractivity contribution in [2.75, 3.05) is 0 Å². The molecular formula is C15H13BrClFO2. The van der Waals surface area contributed by atoms with Crippen LogP contribution in [-0.4, -0.2) is 5.11 Å². The number of aliphatic hydroxyl groups excluding tert-OH is 1. The number of ether oxygens (including phenoxy) is 1. The summed E-state index contributed by atoms with van der Waals surface area (Å²) in [4.78, 5) is 0. The quantitative estimate of drug-likeness (QED) is 0.843. The summed E-state index contributed by atoms with van der Waals surface area (Å²) in [6.45, 7) is 1.69. The van der Waals surface area contributed by atoms with Gasteiger partial charge >= 0.3 is 0 Å². The maximum atomic E-state index is 13.8. The first-order valence-electron chi connectivity index (χ1n) is 6.02. The molecule has 0 saturated heterocycles. The van der Waals surface area contributed by atoms with Crippen LogP contribution < -0.4 is 4.74 Å². The third kappa shape index (κ3) is 3.51. The van der Waals surface area contributed by atoms with E-state index < -0.39 is 11.9 Å². The molecule has 0 fully saturated rings. The Bertz CT molecular complexity index is 617. The Morgan fingerprint density at radius 2 is 2.10 bits per heavy atom. The standard InChI is InChI=1S/C15H13BrClFO2/c1-9(19)12-6-5-11(16)7-14(12)20-8-10-3-2-4-13(17)15(10)18/h2-7,9,19H,8H2,1H3/t9-/m1/s1. The molecule has 0 unspecified atom stereocenters. The lowest BCUT2D eigenvalue weighted by atomic mass is 10.1. The topological polar surface area (TPSA) is 29.5 Å². The van der Waals surface area contributed by atoms with E-state index in [4.69, 9.17) is 16.3 Å². The summed E-state index contributed by atoms with van der Waals surface area (Å²) in [6.07, 6.45) is -0.665. The normalized spacial score (nSPS) is 12.2. The van der Waals surface area contributed by atoms with Gasteiger partial charge in [0.1, 0.15) is 18.2 Å². The van der Waals surface area contributed by atoms with Crippen LogP contribution in [-0.2, 0) is 6.61 Å². The minimum atomic E-state index is -0.665. The Morgan fingerprint density at radius 3 is 2.80 bits per heavy atom. The van der Waals surface area contributed by atoms with Gasteiger partial charge in [-0.1, -0.05) is 45.7 Å². The van der Waals surface area contributed by atoms with Gasteiger partial charge in [0.2, 0.25) is 0 Å². The van der Waals surface area contributed by atoms with Crippen LogP contribution in [0.2, 0.25) is 5.02 Å². The highest BCUT2D eigenvalue weighted by molar-refractivity contribution is 9.10. The molecule has 0 amide bonds. The molecule has 1 N–H and O–H groups in total. The van der Waals surface area contributed by atoms with Crippen molar-refractivity contribution in [3.63, 3.8) is 0 Å². The van der Waals surface area contributed by atoms with Gasteiger partial charge in [-0.2, -0.15) is 0 Å². The fraction of sp³-hybridized carbons (Fsp3) is 0.200. The molecule has 0 heterocycles. The van der Waals surface area contributed by atoms with Crippen molar-refractivity contribution in [1.29, 1.82) is 0 Å². The van der Waals surface area contributed by atoms with Gasteiger partial charge in [0.15, 0.2) is 0 Å². The molecule has 2 aromatic rings. The predicted octanol–water partition coefficient (Wildman–Crippen LogP) is 4.87. The van der Waals surface area contributed by atoms with Gasteiger partial charge in [0, 0.05) is 15.6 Å². The molecule has 20 heavy (non-hydrogen) atoms. The Kier molecular flexibility index (Phi) is 5.02. The van der Waals surface area contributed by atoms with Crippen molar-refractivity contribution in [2.24, 2.45) is 0 Å². The molecule has 0 radical (unpaired) electrons. The lowest BCUT2D eigenvalue weighted by Gasteiger charge is -2.14. The first-order chi connectivity index (χ1) is 9.49. The molecule has 2 rings (SSSR count). The van der Waals surface area contributed by atoms with E-state index in [9.17, 15) is 9.50 Å². The number of benzene rings is 2. The second-order valence-electron chi connectivity index (χ2n) is 4.36. The van der Waals surface area contributed by atoms with Crippen LogP contribution in [0.5, 0.6) is 5.75 Å². The van der Waals surface area contributed by atoms with Gasteiger partial charge in [-0.15, -0.1) is 0 Å². The molecule has 106 valence electrons. The summed E-state index contributed by atoms with van der Waals surface area (Å²) in [5.41, 5.74) is 1.02. The lowest BCUT2D eigenvalue weighted by Crippen LogP contribution is -2.03. The molecule has 2 aromatic carbocycles. The molecule has 0 aliphatic rings. The van der Waals surface area contributed by atoms with E-state index in [-0.39, 0.29) is 11.6 Å². The van der Waals surface area contributed by atoms with Crippen molar-refractivity contribution >= 4 is 27.5 Å². The van der Waals surface area contributed by atoms with E-state index in [0.29, 0.717) is 16.9 Å². The number of halogens is 3. The molecule has 2 nitrogen and oxygen atoms in total. The van der Waals surface area contributed by atoms with Gasteiger partial charge in [-0.05, 0) is 25.1 Å². The van der Waals surface area contributed by atoms with Crippen molar-refractivity contribution in [3.05, 3.63) is 62.8 Å². The molecule has 0 aliphatic heterocycles.